The quantitative estimate of drug-likeness (QED) is 0.343. The summed E-state index contributed by atoms with van der Waals surface area (Å²) in [5.74, 6) is -1.20. The Morgan fingerprint density at radius 1 is 1.11 bits per heavy atom. The zero-order valence-corrected chi connectivity index (χ0v) is 23.6. The van der Waals surface area contributed by atoms with Gasteiger partial charge in [0.25, 0.3) is 0 Å². The molecule has 206 valence electrons. The van der Waals surface area contributed by atoms with Gasteiger partial charge in [-0.05, 0) is 71.9 Å². The highest BCUT2D eigenvalue weighted by Gasteiger charge is 2.48. The number of anilines is 1. The van der Waals surface area contributed by atoms with Crippen molar-refractivity contribution < 1.29 is 32.7 Å². The van der Waals surface area contributed by atoms with Gasteiger partial charge in [0.2, 0.25) is 11.8 Å². The number of aryl methyl sites for hydroxylation is 1. The molecule has 10 heteroatoms. The Bertz CT molecular complexity index is 1020. The number of carbonyl (C=O) groups excluding carboxylic acids is 3. The molecular weight excluding hydrogens is 495 g/mol. The highest BCUT2D eigenvalue weighted by molar-refractivity contribution is 7.53. The molecule has 1 heterocycles. The van der Waals surface area contributed by atoms with E-state index in [0.29, 0.717) is 31.4 Å². The van der Waals surface area contributed by atoms with Crippen LogP contribution in [0, 0.1) is 5.41 Å². The summed E-state index contributed by atoms with van der Waals surface area (Å²) >= 11 is 0. The molecule has 1 aromatic rings. The topological polar surface area (TPSA) is 111 Å². The van der Waals surface area contributed by atoms with Gasteiger partial charge in [0.05, 0.1) is 24.8 Å². The molecule has 1 unspecified atom stereocenters. The minimum absolute atomic E-state index is 0.0176. The van der Waals surface area contributed by atoms with Crippen molar-refractivity contribution in [2.45, 2.75) is 84.8 Å². The number of esters is 1. The van der Waals surface area contributed by atoms with Crippen LogP contribution in [-0.2, 0) is 39.2 Å². The second-order valence-corrected chi connectivity index (χ2v) is 12.9. The molecule has 1 aliphatic carbocycles. The van der Waals surface area contributed by atoms with Crippen molar-refractivity contribution in [1.82, 2.24) is 5.32 Å². The second kappa shape index (κ2) is 12.1. The first-order valence-corrected chi connectivity index (χ1v) is 14.9. The van der Waals surface area contributed by atoms with E-state index in [9.17, 15) is 18.9 Å². The van der Waals surface area contributed by atoms with Gasteiger partial charge in [0.1, 0.15) is 18.2 Å². The Morgan fingerprint density at radius 3 is 2.32 bits per heavy atom. The molecule has 0 radical (unpaired) electrons. The first-order valence-electron chi connectivity index (χ1n) is 13.2. The van der Waals surface area contributed by atoms with Gasteiger partial charge in [0.15, 0.2) is 0 Å². The van der Waals surface area contributed by atoms with Crippen molar-refractivity contribution in [3.63, 3.8) is 0 Å². The van der Waals surface area contributed by atoms with Gasteiger partial charge in [-0.15, -0.1) is 0 Å². The molecular formula is C27H41N2O7P. The number of hydrogen-bond acceptors (Lipinski definition) is 7. The molecule has 1 N–H and O–H groups in total. The fraction of sp³-hybridized carbons (Fsp3) is 0.667. The number of rotatable bonds is 10. The summed E-state index contributed by atoms with van der Waals surface area (Å²) in [5, 5.41) is 2.97. The van der Waals surface area contributed by atoms with Crippen molar-refractivity contribution in [1.29, 1.82) is 0 Å². The van der Waals surface area contributed by atoms with Gasteiger partial charge in [-0.2, -0.15) is 0 Å². The van der Waals surface area contributed by atoms with Crippen LogP contribution in [0.25, 0.3) is 0 Å². The van der Waals surface area contributed by atoms with E-state index >= 15 is 0 Å². The number of fused-ring (bicyclic) bond motifs is 1. The van der Waals surface area contributed by atoms with Gasteiger partial charge >= 0.3 is 13.6 Å². The lowest BCUT2D eigenvalue weighted by molar-refractivity contribution is -0.153. The fourth-order valence-corrected chi connectivity index (χ4v) is 7.47. The van der Waals surface area contributed by atoms with Crippen LogP contribution in [0.1, 0.15) is 72.3 Å². The largest absolute Gasteiger partial charge is 0.459 e. The molecule has 9 nitrogen and oxygen atoms in total. The number of carbonyl (C=O) groups is 3. The first-order chi connectivity index (χ1) is 17.4. The molecule has 0 saturated heterocycles. The summed E-state index contributed by atoms with van der Waals surface area (Å²) < 4.78 is 29.9. The number of benzene rings is 1. The van der Waals surface area contributed by atoms with E-state index in [4.69, 9.17) is 13.8 Å². The number of nitrogens with zero attached hydrogens (tertiary/aromatic N) is 1. The van der Waals surface area contributed by atoms with Crippen LogP contribution in [0.2, 0.25) is 0 Å². The van der Waals surface area contributed by atoms with Crippen LogP contribution in [-0.4, -0.2) is 55.3 Å². The van der Waals surface area contributed by atoms with Gasteiger partial charge in [-0.25, -0.2) is 0 Å². The number of para-hydroxylation sites is 1. The molecule has 2 amide bonds. The van der Waals surface area contributed by atoms with Crippen molar-refractivity contribution in [2.75, 3.05) is 30.8 Å². The zero-order valence-electron chi connectivity index (χ0n) is 22.7. The van der Waals surface area contributed by atoms with E-state index in [0.717, 1.165) is 18.4 Å². The van der Waals surface area contributed by atoms with Crippen molar-refractivity contribution in [3.05, 3.63) is 29.8 Å². The number of hydrogen-bond donors (Lipinski definition) is 1. The molecule has 1 saturated carbocycles. The third-order valence-corrected chi connectivity index (χ3v) is 9.05. The molecule has 3 rings (SSSR count). The normalized spacial score (nSPS) is 19.8. The van der Waals surface area contributed by atoms with Crippen LogP contribution in [0.3, 0.4) is 0 Å². The summed E-state index contributed by atoms with van der Waals surface area (Å²) in [5.41, 5.74) is -0.0648. The number of nitrogens with one attached hydrogen (secondary N) is 1. The van der Waals surface area contributed by atoms with E-state index in [1.165, 1.54) is 4.90 Å². The summed E-state index contributed by atoms with van der Waals surface area (Å²) in [7, 11) is -3.48. The lowest BCUT2D eigenvalue weighted by Gasteiger charge is -2.33. The minimum Gasteiger partial charge on any atom is -0.459 e. The van der Waals surface area contributed by atoms with E-state index in [-0.39, 0.29) is 37.7 Å². The van der Waals surface area contributed by atoms with Gasteiger partial charge in [-0.1, -0.05) is 31.0 Å². The van der Waals surface area contributed by atoms with Crippen molar-refractivity contribution in [2.24, 2.45) is 5.41 Å². The predicted molar refractivity (Wildman–Crippen MR) is 142 cm³/mol. The van der Waals surface area contributed by atoms with Crippen LogP contribution in [0.4, 0.5) is 5.69 Å². The monoisotopic (exact) mass is 536 g/mol. The smallest absolute Gasteiger partial charge is 0.331 e. The Balaban J connectivity index is 1.85. The second-order valence-electron chi connectivity index (χ2n) is 10.8. The molecule has 1 aliphatic heterocycles. The summed E-state index contributed by atoms with van der Waals surface area (Å²) in [6.07, 6.45) is 3.66. The SMILES string of the molecule is CCOP(=O)(CC1(C(=O)NC2CCc3ccccc3N(CC(=O)OC(C)(C)C)C2=O)CCCC1)OCC. The Morgan fingerprint density at radius 2 is 1.73 bits per heavy atom. The molecule has 37 heavy (non-hydrogen) atoms. The minimum atomic E-state index is -3.48. The standard InChI is InChI=1S/C27H41N2O7P/c1-6-34-37(33,35-7-2)19-27(16-10-11-17-27)25(32)28-21-15-14-20-12-8-9-13-22(20)29(24(21)31)18-23(30)36-26(3,4)5/h8-9,12-13,21H,6-7,10-11,14-19H2,1-5H3,(H,28,32). The lowest BCUT2D eigenvalue weighted by Crippen LogP contribution is -2.53. The molecule has 1 atom stereocenters. The maximum atomic E-state index is 13.8. The van der Waals surface area contributed by atoms with E-state index in [1.807, 2.05) is 18.2 Å². The molecule has 1 fully saturated rings. The summed E-state index contributed by atoms with van der Waals surface area (Å²) in [6, 6.07) is 6.60. The average Bonchev–Trinajstić information content (AvgIpc) is 3.23. The van der Waals surface area contributed by atoms with E-state index in [2.05, 4.69) is 5.32 Å². The Hall–Kier alpha value is -2.22. The molecule has 1 aromatic carbocycles. The highest BCUT2D eigenvalue weighted by atomic mass is 31.2. The van der Waals surface area contributed by atoms with Crippen LogP contribution in [0.15, 0.2) is 24.3 Å². The fourth-order valence-electron chi connectivity index (χ4n) is 5.23. The van der Waals surface area contributed by atoms with Gasteiger partial charge in [0, 0.05) is 5.69 Å². The van der Waals surface area contributed by atoms with Crippen molar-refractivity contribution >= 4 is 31.1 Å². The Kier molecular flexibility index (Phi) is 9.59. The van der Waals surface area contributed by atoms with Crippen LogP contribution >= 0.6 is 7.60 Å². The van der Waals surface area contributed by atoms with Crippen LogP contribution < -0.4 is 10.2 Å². The maximum Gasteiger partial charge on any atom is 0.331 e. The summed E-state index contributed by atoms with van der Waals surface area (Å²) in [6.45, 7) is 8.99. The lowest BCUT2D eigenvalue weighted by atomic mass is 9.87. The third-order valence-electron chi connectivity index (χ3n) is 6.75. The van der Waals surface area contributed by atoms with Crippen LogP contribution in [0.5, 0.6) is 0 Å². The van der Waals surface area contributed by atoms with Gasteiger partial charge in [-0.3, -0.25) is 23.8 Å². The number of amides is 2. The Labute approximate surface area is 220 Å². The molecule has 2 aliphatic rings. The average molecular weight is 537 g/mol. The summed E-state index contributed by atoms with van der Waals surface area (Å²) in [4.78, 5) is 41.6. The molecule has 0 aromatic heterocycles. The number of ether oxygens (including phenoxy) is 1. The molecule has 0 bridgehead atoms. The molecule has 0 spiro atoms. The highest BCUT2D eigenvalue weighted by Crippen LogP contribution is 2.56. The van der Waals surface area contributed by atoms with E-state index < -0.39 is 30.6 Å². The van der Waals surface area contributed by atoms with Gasteiger partial charge < -0.3 is 19.1 Å². The maximum absolute atomic E-state index is 13.8. The van der Waals surface area contributed by atoms with Crippen molar-refractivity contribution in [3.8, 4) is 0 Å². The predicted octanol–water partition coefficient (Wildman–Crippen LogP) is 4.62. The third kappa shape index (κ3) is 7.43. The zero-order chi connectivity index (χ0) is 27.3. The van der Waals surface area contributed by atoms with E-state index in [1.54, 1.807) is 40.7 Å². The first kappa shape index (κ1) is 29.3.